The van der Waals surface area contributed by atoms with E-state index in [0.717, 1.165) is 24.6 Å². The Kier molecular flexibility index (Phi) is 2.23. The fourth-order valence-electron chi connectivity index (χ4n) is 1.92. The minimum absolute atomic E-state index is 0.354. The second kappa shape index (κ2) is 3.57. The number of imidazole rings is 1. The normalized spacial score (nSPS) is 16.2. The highest BCUT2D eigenvalue weighted by molar-refractivity contribution is 5.99. The quantitative estimate of drug-likeness (QED) is 0.772. The first-order valence-corrected chi connectivity index (χ1v) is 5.55. The van der Waals surface area contributed by atoms with E-state index >= 15 is 0 Å². The number of pyridine rings is 1. The highest BCUT2D eigenvalue weighted by Crippen LogP contribution is 2.39. The molecule has 2 heterocycles. The number of carbonyl (C=O) groups excluding carboxylic acids is 1. The number of aromatic nitrogens is 2. The van der Waals surface area contributed by atoms with Crippen LogP contribution in [-0.2, 0) is 0 Å². The molecule has 2 aromatic heterocycles. The van der Waals surface area contributed by atoms with Crippen LogP contribution in [0.2, 0.25) is 0 Å². The maximum atomic E-state index is 12.3. The first-order chi connectivity index (χ1) is 8.45. The van der Waals surface area contributed by atoms with E-state index in [1.165, 1.54) is 4.40 Å². The second-order valence-electron chi connectivity index (χ2n) is 4.46. The molecule has 1 fully saturated rings. The number of hydrogen-bond acceptors (Lipinski definition) is 2. The Morgan fingerprint density at radius 3 is 2.61 bits per heavy atom. The monoisotopic (exact) mass is 254 g/mol. The Labute approximate surface area is 100 Å². The van der Waals surface area contributed by atoms with E-state index in [9.17, 15) is 18.0 Å². The van der Waals surface area contributed by atoms with Gasteiger partial charge in [0.15, 0.2) is 0 Å². The SMILES string of the molecule is O=C(c1cn2cc(C3CC3)ccc2n1)C(F)(F)F. The van der Waals surface area contributed by atoms with Crippen LogP contribution in [0.15, 0.2) is 24.5 Å². The van der Waals surface area contributed by atoms with E-state index < -0.39 is 17.7 Å². The van der Waals surface area contributed by atoms with Crippen molar-refractivity contribution in [2.75, 3.05) is 0 Å². The lowest BCUT2D eigenvalue weighted by atomic mass is 10.2. The van der Waals surface area contributed by atoms with Gasteiger partial charge >= 0.3 is 6.18 Å². The predicted molar refractivity (Wildman–Crippen MR) is 57.6 cm³/mol. The number of halogens is 3. The molecule has 0 spiro atoms. The molecule has 18 heavy (non-hydrogen) atoms. The zero-order chi connectivity index (χ0) is 12.9. The fourth-order valence-corrected chi connectivity index (χ4v) is 1.92. The topological polar surface area (TPSA) is 34.4 Å². The van der Waals surface area contributed by atoms with Gasteiger partial charge in [0, 0.05) is 12.4 Å². The molecule has 94 valence electrons. The molecule has 0 amide bonds. The summed E-state index contributed by atoms with van der Waals surface area (Å²) in [5.41, 5.74) is 0.869. The Morgan fingerprint density at radius 2 is 2.00 bits per heavy atom. The van der Waals surface area contributed by atoms with Crippen LogP contribution in [0.5, 0.6) is 0 Å². The zero-order valence-corrected chi connectivity index (χ0v) is 9.24. The lowest BCUT2D eigenvalue weighted by Gasteiger charge is -2.00. The summed E-state index contributed by atoms with van der Waals surface area (Å²) in [7, 11) is 0. The highest BCUT2D eigenvalue weighted by Gasteiger charge is 2.40. The van der Waals surface area contributed by atoms with Crippen LogP contribution >= 0.6 is 0 Å². The third-order valence-electron chi connectivity index (χ3n) is 3.01. The van der Waals surface area contributed by atoms with Gasteiger partial charge in [0.2, 0.25) is 0 Å². The lowest BCUT2D eigenvalue weighted by Crippen LogP contribution is -2.22. The van der Waals surface area contributed by atoms with Crippen LogP contribution in [-0.4, -0.2) is 21.3 Å². The fraction of sp³-hybridized carbons (Fsp3) is 0.333. The molecule has 0 bridgehead atoms. The van der Waals surface area contributed by atoms with E-state index in [0.29, 0.717) is 11.6 Å². The summed E-state index contributed by atoms with van der Waals surface area (Å²) in [6.45, 7) is 0. The molecule has 2 aromatic rings. The van der Waals surface area contributed by atoms with Crippen molar-refractivity contribution in [2.45, 2.75) is 24.9 Å². The molecule has 6 heteroatoms. The van der Waals surface area contributed by atoms with E-state index in [2.05, 4.69) is 4.98 Å². The van der Waals surface area contributed by atoms with E-state index in [1.54, 1.807) is 12.3 Å². The van der Waals surface area contributed by atoms with Crippen LogP contribution in [0.3, 0.4) is 0 Å². The van der Waals surface area contributed by atoms with Gasteiger partial charge in [-0.25, -0.2) is 4.98 Å². The number of Topliss-reactive ketones (excluding diaryl/α,β-unsaturated/α-hetero) is 1. The van der Waals surface area contributed by atoms with Gasteiger partial charge in [0.05, 0.1) is 0 Å². The van der Waals surface area contributed by atoms with Crippen LogP contribution in [0.4, 0.5) is 13.2 Å². The summed E-state index contributed by atoms with van der Waals surface area (Å²) >= 11 is 0. The summed E-state index contributed by atoms with van der Waals surface area (Å²) in [5.74, 6) is -1.40. The Bertz CT molecular complexity index is 626. The van der Waals surface area contributed by atoms with E-state index in [-0.39, 0.29) is 0 Å². The molecule has 0 aromatic carbocycles. The highest BCUT2D eigenvalue weighted by atomic mass is 19.4. The first-order valence-electron chi connectivity index (χ1n) is 5.55. The van der Waals surface area contributed by atoms with Gasteiger partial charge in [-0.05, 0) is 30.4 Å². The molecule has 1 aliphatic carbocycles. The number of nitrogens with zero attached hydrogens (tertiary/aromatic N) is 2. The molecule has 1 aliphatic rings. The molecule has 0 aliphatic heterocycles. The number of carbonyl (C=O) groups is 1. The van der Waals surface area contributed by atoms with Crippen LogP contribution in [0.1, 0.15) is 34.8 Å². The van der Waals surface area contributed by atoms with Crippen molar-refractivity contribution in [3.63, 3.8) is 0 Å². The molecule has 0 saturated heterocycles. The maximum absolute atomic E-state index is 12.3. The van der Waals surface area contributed by atoms with Crippen LogP contribution in [0, 0.1) is 0 Å². The van der Waals surface area contributed by atoms with Crippen molar-refractivity contribution in [1.82, 2.24) is 9.38 Å². The molecule has 1 saturated carbocycles. The van der Waals surface area contributed by atoms with Gasteiger partial charge in [0.25, 0.3) is 5.78 Å². The summed E-state index contributed by atoms with van der Waals surface area (Å²) in [5, 5.41) is 0. The number of fused-ring (bicyclic) bond motifs is 1. The van der Waals surface area contributed by atoms with E-state index in [1.807, 2.05) is 6.07 Å². The van der Waals surface area contributed by atoms with Crippen molar-refractivity contribution < 1.29 is 18.0 Å². The predicted octanol–water partition coefficient (Wildman–Crippen LogP) is 2.96. The molecular formula is C12H9F3N2O. The van der Waals surface area contributed by atoms with Crippen molar-refractivity contribution in [3.05, 3.63) is 35.8 Å². The second-order valence-corrected chi connectivity index (χ2v) is 4.46. The summed E-state index contributed by atoms with van der Waals surface area (Å²) in [6, 6.07) is 3.49. The van der Waals surface area contributed by atoms with Crippen molar-refractivity contribution in [1.29, 1.82) is 0 Å². The van der Waals surface area contributed by atoms with Crippen molar-refractivity contribution >= 4 is 11.4 Å². The largest absolute Gasteiger partial charge is 0.456 e. The van der Waals surface area contributed by atoms with Gasteiger partial charge in [-0.3, -0.25) is 4.79 Å². The number of hydrogen-bond donors (Lipinski definition) is 0. The van der Waals surface area contributed by atoms with Crippen LogP contribution in [0.25, 0.3) is 5.65 Å². The molecule has 0 radical (unpaired) electrons. The minimum atomic E-state index is -4.88. The van der Waals surface area contributed by atoms with Crippen molar-refractivity contribution in [2.24, 2.45) is 0 Å². The molecule has 3 rings (SSSR count). The molecular weight excluding hydrogens is 245 g/mol. The van der Waals surface area contributed by atoms with E-state index in [4.69, 9.17) is 0 Å². The minimum Gasteiger partial charge on any atom is -0.306 e. The molecule has 3 nitrogen and oxygen atoms in total. The smallest absolute Gasteiger partial charge is 0.306 e. The van der Waals surface area contributed by atoms with Crippen LogP contribution < -0.4 is 0 Å². The Hall–Kier alpha value is -1.85. The maximum Gasteiger partial charge on any atom is 0.456 e. The average molecular weight is 254 g/mol. The average Bonchev–Trinajstić information content (AvgIpc) is 3.06. The summed E-state index contributed by atoms with van der Waals surface area (Å²) in [4.78, 5) is 14.8. The third-order valence-corrected chi connectivity index (χ3v) is 3.01. The summed E-state index contributed by atoms with van der Waals surface area (Å²) < 4.78 is 38.3. The standard InChI is InChI=1S/C12H9F3N2O/c13-12(14,15)11(18)9-6-17-5-8(7-1-2-7)3-4-10(17)16-9/h3-7H,1-2H2. The van der Waals surface area contributed by atoms with Gasteiger partial charge in [-0.15, -0.1) is 0 Å². The molecule has 0 atom stereocenters. The molecule has 0 N–H and O–H groups in total. The number of rotatable bonds is 2. The number of ketones is 1. The first kappa shape index (κ1) is 11.3. The van der Waals surface area contributed by atoms with Gasteiger partial charge in [-0.1, -0.05) is 6.07 Å². The zero-order valence-electron chi connectivity index (χ0n) is 9.24. The van der Waals surface area contributed by atoms with Gasteiger partial charge in [-0.2, -0.15) is 13.2 Å². The Morgan fingerprint density at radius 1 is 1.28 bits per heavy atom. The lowest BCUT2D eigenvalue weighted by molar-refractivity contribution is -0.0887. The Balaban J connectivity index is 2.02. The van der Waals surface area contributed by atoms with Gasteiger partial charge < -0.3 is 4.40 Å². The number of alkyl halides is 3. The van der Waals surface area contributed by atoms with Gasteiger partial charge in [0.1, 0.15) is 11.3 Å². The third kappa shape index (κ3) is 1.87. The van der Waals surface area contributed by atoms with Crippen molar-refractivity contribution in [3.8, 4) is 0 Å². The summed E-state index contributed by atoms with van der Waals surface area (Å²) in [6.07, 6.45) is 0.213. The molecule has 0 unspecified atom stereocenters.